The van der Waals surface area contributed by atoms with Crippen molar-refractivity contribution in [2.45, 2.75) is 18.9 Å². The topological polar surface area (TPSA) is 107 Å². The molecule has 0 atom stereocenters. The molecule has 10 heteroatoms. The van der Waals surface area contributed by atoms with Gasteiger partial charge in [-0.3, -0.25) is 9.59 Å². The number of carboxylic acids is 1. The number of hydrogen-bond acceptors (Lipinski definition) is 6. The number of pyridine rings is 1. The summed E-state index contributed by atoms with van der Waals surface area (Å²) in [6.07, 6.45) is 4.54. The highest BCUT2D eigenvalue weighted by Gasteiger charge is 2.28. The monoisotopic (exact) mass is 491 g/mol. The molecule has 0 radical (unpaired) electrons. The summed E-state index contributed by atoms with van der Waals surface area (Å²) in [5, 5.41) is 13.3. The molecule has 1 saturated heterocycles. The quantitative estimate of drug-likeness (QED) is 0.406. The predicted octanol–water partition coefficient (Wildman–Crippen LogP) is 2.69. The highest BCUT2D eigenvalue weighted by molar-refractivity contribution is 6.00. The van der Waals surface area contributed by atoms with Crippen LogP contribution >= 0.6 is 0 Å². The molecule has 2 heterocycles. The molecule has 0 spiro atoms. The standard InChI is InChI=1S/C26H26FN5O4/c1-30-8-10-31(11-9-30)23-13-22-19(12-21(23)27)24(33)20(15-32(22)17-6-7-17)25(34)29-28-14-16-4-2-3-5-18(16)26(35)36/h2-5,12-15,17H,6-11H2,1H3,(H,29,34)(H,35,36)/b28-14-. The van der Waals surface area contributed by atoms with Crippen molar-refractivity contribution in [2.75, 3.05) is 38.1 Å². The molecule has 186 valence electrons. The maximum atomic E-state index is 15.2. The highest BCUT2D eigenvalue weighted by atomic mass is 19.1. The van der Waals surface area contributed by atoms with Gasteiger partial charge in [-0.25, -0.2) is 14.6 Å². The molecule has 9 nitrogen and oxygen atoms in total. The first kappa shape index (κ1) is 23.7. The maximum Gasteiger partial charge on any atom is 0.336 e. The van der Waals surface area contributed by atoms with Crippen LogP contribution in [0.5, 0.6) is 0 Å². The molecule has 0 unspecified atom stereocenters. The summed E-state index contributed by atoms with van der Waals surface area (Å²) < 4.78 is 17.1. The smallest absolute Gasteiger partial charge is 0.336 e. The fraction of sp³-hybridized carbons (Fsp3) is 0.308. The largest absolute Gasteiger partial charge is 0.478 e. The van der Waals surface area contributed by atoms with Crippen LogP contribution in [-0.4, -0.2) is 65.9 Å². The van der Waals surface area contributed by atoms with E-state index in [1.165, 1.54) is 24.5 Å². The predicted molar refractivity (Wildman–Crippen MR) is 135 cm³/mol. The number of likely N-dealkylation sites (N-methyl/N-ethyl adjacent to an activating group) is 1. The molecule has 0 bridgehead atoms. The number of amides is 1. The lowest BCUT2D eigenvalue weighted by atomic mass is 10.1. The second-order valence-electron chi connectivity index (χ2n) is 9.21. The van der Waals surface area contributed by atoms with E-state index >= 15 is 4.39 Å². The van der Waals surface area contributed by atoms with E-state index in [0.717, 1.165) is 25.9 Å². The molecule has 2 aliphatic rings. The van der Waals surface area contributed by atoms with Crippen LogP contribution in [0.25, 0.3) is 10.9 Å². The van der Waals surface area contributed by atoms with E-state index in [0.29, 0.717) is 29.9 Å². The zero-order valence-electron chi connectivity index (χ0n) is 19.8. The molecule has 1 aliphatic carbocycles. The van der Waals surface area contributed by atoms with Gasteiger partial charge in [0, 0.05) is 49.4 Å². The normalized spacial score (nSPS) is 16.6. The van der Waals surface area contributed by atoms with Crippen LogP contribution < -0.4 is 15.8 Å². The van der Waals surface area contributed by atoms with Crippen molar-refractivity contribution in [3.05, 3.63) is 75.3 Å². The number of piperazine rings is 1. The summed E-state index contributed by atoms with van der Waals surface area (Å²) in [5.41, 5.74) is 2.98. The van der Waals surface area contributed by atoms with E-state index in [9.17, 15) is 19.5 Å². The summed E-state index contributed by atoms with van der Waals surface area (Å²) in [7, 11) is 2.03. The third-order valence-electron chi connectivity index (χ3n) is 6.69. The summed E-state index contributed by atoms with van der Waals surface area (Å²) in [6, 6.07) is 9.30. The minimum Gasteiger partial charge on any atom is -0.478 e. The first-order valence-corrected chi connectivity index (χ1v) is 11.8. The van der Waals surface area contributed by atoms with E-state index in [4.69, 9.17) is 0 Å². The van der Waals surface area contributed by atoms with Crippen molar-refractivity contribution in [3.8, 4) is 0 Å². The first-order valence-electron chi connectivity index (χ1n) is 11.8. The highest BCUT2D eigenvalue weighted by Crippen LogP contribution is 2.38. The SMILES string of the molecule is CN1CCN(c2cc3c(cc2F)c(=O)c(C(=O)N/N=C\c2ccccc2C(=O)O)cn3C2CC2)CC1. The van der Waals surface area contributed by atoms with E-state index in [1.54, 1.807) is 24.3 Å². The van der Waals surface area contributed by atoms with Gasteiger partial charge in [0.05, 0.1) is 23.0 Å². The molecular formula is C26H26FN5O4. The summed E-state index contributed by atoms with van der Waals surface area (Å²) in [5.74, 6) is -2.36. The molecule has 2 N–H and O–H groups in total. The van der Waals surface area contributed by atoms with Gasteiger partial charge < -0.3 is 19.5 Å². The number of carbonyl (C=O) groups is 2. The number of aromatic carboxylic acids is 1. The lowest BCUT2D eigenvalue weighted by molar-refractivity contribution is 0.0696. The molecule has 1 amide bonds. The molecule has 5 rings (SSSR count). The zero-order valence-corrected chi connectivity index (χ0v) is 19.8. The number of benzene rings is 2. The number of hydrogen-bond donors (Lipinski definition) is 2. The average Bonchev–Trinajstić information content (AvgIpc) is 3.70. The molecule has 1 saturated carbocycles. The Morgan fingerprint density at radius 1 is 1.11 bits per heavy atom. The van der Waals surface area contributed by atoms with E-state index in [1.807, 2.05) is 16.5 Å². The van der Waals surface area contributed by atoms with Gasteiger partial charge >= 0.3 is 5.97 Å². The fourth-order valence-corrected chi connectivity index (χ4v) is 4.49. The van der Waals surface area contributed by atoms with Crippen LogP contribution in [-0.2, 0) is 0 Å². The number of anilines is 1. The van der Waals surface area contributed by atoms with Gasteiger partial charge in [0.25, 0.3) is 5.91 Å². The number of aromatic nitrogens is 1. The molecule has 1 aromatic heterocycles. The Morgan fingerprint density at radius 3 is 2.53 bits per heavy atom. The molecule has 1 aliphatic heterocycles. The van der Waals surface area contributed by atoms with E-state index in [2.05, 4.69) is 15.4 Å². The minimum atomic E-state index is -1.12. The lowest BCUT2D eigenvalue weighted by Crippen LogP contribution is -2.44. The van der Waals surface area contributed by atoms with Gasteiger partial charge in [0.2, 0.25) is 5.43 Å². The molecule has 3 aromatic rings. The number of rotatable bonds is 6. The summed E-state index contributed by atoms with van der Waals surface area (Å²) >= 11 is 0. The van der Waals surface area contributed by atoms with Crippen LogP contribution in [0, 0.1) is 5.82 Å². The Bertz CT molecular complexity index is 1440. The van der Waals surface area contributed by atoms with Gasteiger partial charge in [-0.15, -0.1) is 0 Å². The van der Waals surface area contributed by atoms with Crippen molar-refractivity contribution in [1.29, 1.82) is 0 Å². The van der Waals surface area contributed by atoms with Gasteiger partial charge in [0.15, 0.2) is 0 Å². The van der Waals surface area contributed by atoms with Crippen LogP contribution in [0.2, 0.25) is 0 Å². The Kier molecular flexibility index (Phi) is 6.27. The number of nitrogens with one attached hydrogen (secondary N) is 1. The van der Waals surface area contributed by atoms with Crippen LogP contribution in [0.4, 0.5) is 10.1 Å². The lowest BCUT2D eigenvalue weighted by Gasteiger charge is -2.34. The first-order chi connectivity index (χ1) is 17.3. The van der Waals surface area contributed by atoms with Crippen LogP contribution in [0.1, 0.15) is 45.2 Å². The average molecular weight is 492 g/mol. The Morgan fingerprint density at radius 2 is 1.83 bits per heavy atom. The number of hydrazone groups is 1. The van der Waals surface area contributed by atoms with Crippen molar-refractivity contribution < 1.29 is 19.1 Å². The van der Waals surface area contributed by atoms with Gasteiger partial charge in [-0.1, -0.05) is 18.2 Å². The third-order valence-corrected chi connectivity index (χ3v) is 6.69. The number of halogens is 1. The Hall–Kier alpha value is -4.05. The molecule has 36 heavy (non-hydrogen) atoms. The van der Waals surface area contributed by atoms with Gasteiger partial charge in [-0.2, -0.15) is 5.10 Å². The molecular weight excluding hydrogens is 465 g/mol. The van der Waals surface area contributed by atoms with Crippen LogP contribution in [0.3, 0.4) is 0 Å². The van der Waals surface area contributed by atoms with Crippen molar-refractivity contribution in [1.82, 2.24) is 14.9 Å². The maximum absolute atomic E-state index is 15.2. The third kappa shape index (κ3) is 4.59. The Labute approximate surface area is 206 Å². The fourth-order valence-electron chi connectivity index (χ4n) is 4.49. The zero-order chi connectivity index (χ0) is 25.4. The van der Waals surface area contributed by atoms with Crippen molar-refractivity contribution in [3.63, 3.8) is 0 Å². The van der Waals surface area contributed by atoms with E-state index in [-0.39, 0.29) is 22.6 Å². The van der Waals surface area contributed by atoms with Gasteiger partial charge in [-0.05, 0) is 38.1 Å². The van der Waals surface area contributed by atoms with Crippen molar-refractivity contribution in [2.24, 2.45) is 5.10 Å². The summed E-state index contributed by atoms with van der Waals surface area (Å²) in [6.45, 7) is 3.03. The number of carbonyl (C=O) groups excluding carboxylic acids is 1. The summed E-state index contributed by atoms with van der Waals surface area (Å²) in [4.78, 5) is 41.6. The molecule has 2 fully saturated rings. The van der Waals surface area contributed by atoms with Gasteiger partial charge in [0.1, 0.15) is 11.4 Å². The minimum absolute atomic E-state index is 0.0314. The molecule has 2 aromatic carbocycles. The van der Waals surface area contributed by atoms with Crippen LogP contribution in [0.15, 0.2) is 52.5 Å². The van der Waals surface area contributed by atoms with Crippen molar-refractivity contribution >= 4 is 34.7 Å². The number of nitrogens with zero attached hydrogens (tertiary/aromatic N) is 4. The number of carboxylic acid groups (broad SMARTS) is 1. The Balaban J connectivity index is 1.48. The second kappa shape index (κ2) is 9.54. The van der Waals surface area contributed by atoms with E-state index < -0.39 is 23.1 Å². The number of fused-ring (bicyclic) bond motifs is 1. The second-order valence-corrected chi connectivity index (χ2v) is 9.21.